The molecule has 0 unspecified atom stereocenters. The predicted octanol–water partition coefficient (Wildman–Crippen LogP) is 5.01. The zero-order valence-electron chi connectivity index (χ0n) is 12.8. The average molecular weight is 360 g/mol. The number of aromatic nitrogens is 1. The minimum atomic E-state index is -0.852. The standard InChI is InChI=1S/C18H12ClF2N3O/c19-11-4-6-12(7-5-11)23-13-8-9-16(22-10-13)18(25)24-17-14(20)2-1-3-15(17)21/h1-10,23H,(H,24,25). The lowest BCUT2D eigenvalue weighted by atomic mass is 10.2. The Hall–Kier alpha value is -2.99. The fourth-order valence-electron chi connectivity index (χ4n) is 2.10. The number of halogens is 3. The van der Waals surface area contributed by atoms with E-state index >= 15 is 0 Å². The molecule has 3 rings (SSSR count). The molecule has 0 spiro atoms. The first-order chi connectivity index (χ1) is 12.0. The summed E-state index contributed by atoms with van der Waals surface area (Å²) in [6.07, 6.45) is 1.45. The second-order valence-electron chi connectivity index (χ2n) is 5.11. The highest BCUT2D eigenvalue weighted by Crippen LogP contribution is 2.20. The molecule has 2 aromatic carbocycles. The van der Waals surface area contributed by atoms with Gasteiger partial charge in [0.05, 0.1) is 11.9 Å². The molecule has 0 aliphatic carbocycles. The Morgan fingerprint density at radius 3 is 2.16 bits per heavy atom. The Labute approximate surface area is 147 Å². The van der Waals surface area contributed by atoms with Crippen LogP contribution in [0.3, 0.4) is 0 Å². The van der Waals surface area contributed by atoms with Crippen molar-refractivity contribution in [2.45, 2.75) is 0 Å². The molecule has 1 amide bonds. The van der Waals surface area contributed by atoms with E-state index in [1.165, 1.54) is 18.3 Å². The van der Waals surface area contributed by atoms with Crippen molar-refractivity contribution < 1.29 is 13.6 Å². The van der Waals surface area contributed by atoms with Crippen LogP contribution >= 0.6 is 11.6 Å². The summed E-state index contributed by atoms with van der Waals surface area (Å²) in [4.78, 5) is 16.1. The largest absolute Gasteiger partial charge is 0.354 e. The summed E-state index contributed by atoms with van der Waals surface area (Å²) in [6, 6.07) is 13.5. The number of carbonyl (C=O) groups is 1. The Kier molecular flexibility index (Phi) is 4.90. The molecule has 0 atom stereocenters. The van der Waals surface area contributed by atoms with Gasteiger partial charge in [-0.2, -0.15) is 0 Å². The van der Waals surface area contributed by atoms with Gasteiger partial charge in [0, 0.05) is 10.7 Å². The third-order valence-electron chi connectivity index (χ3n) is 3.33. The normalized spacial score (nSPS) is 10.4. The summed E-state index contributed by atoms with van der Waals surface area (Å²) in [5.74, 6) is -2.41. The van der Waals surface area contributed by atoms with Gasteiger partial charge in [0.15, 0.2) is 0 Å². The van der Waals surface area contributed by atoms with E-state index in [4.69, 9.17) is 11.6 Å². The Morgan fingerprint density at radius 2 is 1.56 bits per heavy atom. The summed E-state index contributed by atoms with van der Waals surface area (Å²) in [6.45, 7) is 0. The molecular formula is C18H12ClF2N3O. The van der Waals surface area contributed by atoms with Crippen molar-refractivity contribution in [3.05, 3.63) is 83.1 Å². The fourth-order valence-corrected chi connectivity index (χ4v) is 2.22. The van der Waals surface area contributed by atoms with E-state index in [1.54, 1.807) is 30.3 Å². The summed E-state index contributed by atoms with van der Waals surface area (Å²) in [5, 5.41) is 5.90. The smallest absolute Gasteiger partial charge is 0.274 e. The van der Waals surface area contributed by atoms with Crippen LogP contribution < -0.4 is 10.6 Å². The van der Waals surface area contributed by atoms with Gasteiger partial charge in [0.25, 0.3) is 5.91 Å². The minimum absolute atomic E-state index is 0.0318. The third kappa shape index (κ3) is 4.10. The van der Waals surface area contributed by atoms with Crippen molar-refractivity contribution in [3.8, 4) is 0 Å². The number of carbonyl (C=O) groups excluding carboxylic acids is 1. The quantitative estimate of drug-likeness (QED) is 0.688. The number of nitrogens with one attached hydrogen (secondary N) is 2. The van der Waals surface area contributed by atoms with E-state index in [9.17, 15) is 13.6 Å². The monoisotopic (exact) mass is 359 g/mol. The number of hydrogen-bond acceptors (Lipinski definition) is 3. The molecule has 3 aromatic rings. The molecule has 0 aliphatic rings. The molecule has 7 heteroatoms. The summed E-state index contributed by atoms with van der Waals surface area (Å²) in [7, 11) is 0. The average Bonchev–Trinajstić information content (AvgIpc) is 2.61. The summed E-state index contributed by atoms with van der Waals surface area (Å²) < 4.78 is 27.1. The predicted molar refractivity (Wildman–Crippen MR) is 93.3 cm³/mol. The number of pyridine rings is 1. The van der Waals surface area contributed by atoms with Crippen LogP contribution in [-0.2, 0) is 0 Å². The van der Waals surface area contributed by atoms with Gasteiger partial charge in [-0.05, 0) is 48.5 Å². The van der Waals surface area contributed by atoms with Gasteiger partial charge in [0.2, 0.25) is 0 Å². The first-order valence-electron chi connectivity index (χ1n) is 7.27. The van der Waals surface area contributed by atoms with E-state index in [0.29, 0.717) is 10.7 Å². The molecule has 126 valence electrons. The van der Waals surface area contributed by atoms with Crippen LogP contribution in [0.25, 0.3) is 0 Å². The van der Waals surface area contributed by atoms with Crippen LogP contribution in [0.5, 0.6) is 0 Å². The topological polar surface area (TPSA) is 54.0 Å². The number of anilines is 3. The second-order valence-corrected chi connectivity index (χ2v) is 5.55. The fraction of sp³-hybridized carbons (Fsp3) is 0. The third-order valence-corrected chi connectivity index (χ3v) is 3.58. The zero-order chi connectivity index (χ0) is 17.8. The molecule has 0 fully saturated rings. The molecule has 0 saturated carbocycles. The highest BCUT2D eigenvalue weighted by Gasteiger charge is 2.14. The molecule has 1 aromatic heterocycles. The number of rotatable bonds is 4. The van der Waals surface area contributed by atoms with Crippen LogP contribution in [0, 0.1) is 11.6 Å². The maximum absolute atomic E-state index is 13.6. The molecule has 0 bridgehead atoms. The van der Waals surface area contributed by atoms with Crippen molar-refractivity contribution in [3.63, 3.8) is 0 Å². The number of nitrogens with zero attached hydrogens (tertiary/aromatic N) is 1. The second kappa shape index (κ2) is 7.27. The molecule has 0 radical (unpaired) electrons. The minimum Gasteiger partial charge on any atom is -0.354 e. The van der Waals surface area contributed by atoms with Gasteiger partial charge in [-0.25, -0.2) is 13.8 Å². The van der Waals surface area contributed by atoms with Crippen LogP contribution in [0.1, 0.15) is 10.5 Å². The Morgan fingerprint density at radius 1 is 0.920 bits per heavy atom. The van der Waals surface area contributed by atoms with E-state index in [0.717, 1.165) is 17.8 Å². The number of hydrogen-bond donors (Lipinski definition) is 2. The lowest BCUT2D eigenvalue weighted by Crippen LogP contribution is -2.15. The number of amides is 1. The molecule has 2 N–H and O–H groups in total. The maximum Gasteiger partial charge on any atom is 0.274 e. The molecule has 1 heterocycles. The van der Waals surface area contributed by atoms with Gasteiger partial charge in [-0.1, -0.05) is 17.7 Å². The van der Waals surface area contributed by atoms with E-state index in [2.05, 4.69) is 15.6 Å². The van der Waals surface area contributed by atoms with Gasteiger partial charge in [-0.15, -0.1) is 0 Å². The lowest BCUT2D eigenvalue weighted by Gasteiger charge is -2.09. The van der Waals surface area contributed by atoms with Crippen LogP contribution in [0.4, 0.5) is 25.8 Å². The van der Waals surface area contributed by atoms with Crippen molar-refractivity contribution in [2.24, 2.45) is 0 Å². The maximum atomic E-state index is 13.6. The molecule has 0 aliphatic heterocycles. The number of para-hydroxylation sites is 1. The van der Waals surface area contributed by atoms with Crippen LogP contribution in [0.2, 0.25) is 5.02 Å². The van der Waals surface area contributed by atoms with Gasteiger partial charge in [0.1, 0.15) is 23.0 Å². The van der Waals surface area contributed by atoms with Crippen molar-refractivity contribution >= 4 is 34.6 Å². The van der Waals surface area contributed by atoms with E-state index in [-0.39, 0.29) is 5.69 Å². The van der Waals surface area contributed by atoms with E-state index in [1.807, 2.05) is 0 Å². The van der Waals surface area contributed by atoms with Gasteiger partial charge < -0.3 is 10.6 Å². The highest BCUT2D eigenvalue weighted by atomic mass is 35.5. The Balaban J connectivity index is 1.71. The Bertz CT molecular complexity index is 879. The highest BCUT2D eigenvalue weighted by molar-refractivity contribution is 6.30. The summed E-state index contributed by atoms with van der Waals surface area (Å²) >= 11 is 5.82. The lowest BCUT2D eigenvalue weighted by molar-refractivity contribution is 0.102. The first-order valence-corrected chi connectivity index (χ1v) is 7.65. The van der Waals surface area contributed by atoms with Crippen LogP contribution in [-0.4, -0.2) is 10.9 Å². The van der Waals surface area contributed by atoms with E-state index < -0.39 is 23.2 Å². The van der Waals surface area contributed by atoms with Crippen molar-refractivity contribution in [1.29, 1.82) is 0 Å². The van der Waals surface area contributed by atoms with Gasteiger partial charge in [-0.3, -0.25) is 4.79 Å². The summed E-state index contributed by atoms with van der Waals surface area (Å²) in [5.41, 5.74) is 0.981. The molecule has 25 heavy (non-hydrogen) atoms. The van der Waals surface area contributed by atoms with Crippen molar-refractivity contribution in [2.75, 3.05) is 10.6 Å². The molecule has 4 nitrogen and oxygen atoms in total. The molecular weight excluding hydrogens is 348 g/mol. The number of benzene rings is 2. The first kappa shape index (κ1) is 16.9. The zero-order valence-corrected chi connectivity index (χ0v) is 13.5. The van der Waals surface area contributed by atoms with Crippen molar-refractivity contribution in [1.82, 2.24) is 4.98 Å². The molecule has 0 saturated heterocycles. The SMILES string of the molecule is O=C(Nc1c(F)cccc1F)c1ccc(Nc2ccc(Cl)cc2)cn1. The van der Waals surface area contributed by atoms with Crippen LogP contribution in [0.15, 0.2) is 60.8 Å². The van der Waals surface area contributed by atoms with Gasteiger partial charge >= 0.3 is 0 Å².